The van der Waals surface area contributed by atoms with Crippen LogP contribution in [0.4, 0.5) is 0 Å². The van der Waals surface area contributed by atoms with Crippen LogP contribution in [0.25, 0.3) is 0 Å². The summed E-state index contributed by atoms with van der Waals surface area (Å²) in [4.78, 5) is 14.8. The Balaban J connectivity index is 1.49. The molecular weight excluding hydrogens is 252 g/mol. The van der Waals surface area contributed by atoms with Crippen LogP contribution in [-0.4, -0.2) is 24.0 Å². The average molecular weight is 270 g/mol. The van der Waals surface area contributed by atoms with Gasteiger partial charge in [-0.1, -0.05) is 18.2 Å². The quantitative estimate of drug-likeness (QED) is 0.847. The number of carbonyl (C=O) groups is 1. The van der Waals surface area contributed by atoms with Gasteiger partial charge in [-0.25, -0.2) is 0 Å². The van der Waals surface area contributed by atoms with Crippen LogP contribution in [0.15, 0.2) is 48.7 Å². The standard InChI is InChI=1S/C16H18N2O2/c19-15(14-7-4-10-17-14)18-11-16(8-9-16)12-20-13-5-2-1-3-6-13/h1-7,10,17H,8-9,11-12H2,(H,18,19). The molecule has 0 atom stereocenters. The lowest BCUT2D eigenvalue weighted by molar-refractivity contribution is 0.0933. The lowest BCUT2D eigenvalue weighted by Gasteiger charge is -2.16. The van der Waals surface area contributed by atoms with Gasteiger partial charge < -0.3 is 15.0 Å². The van der Waals surface area contributed by atoms with Gasteiger partial charge in [-0.2, -0.15) is 0 Å². The average Bonchev–Trinajstić information content (AvgIpc) is 3.04. The number of ether oxygens (including phenoxy) is 1. The summed E-state index contributed by atoms with van der Waals surface area (Å²) in [5, 5.41) is 2.97. The number of aromatic nitrogens is 1. The number of benzene rings is 1. The van der Waals surface area contributed by atoms with Gasteiger partial charge in [-0.15, -0.1) is 0 Å². The molecule has 1 aliphatic rings. The molecule has 1 heterocycles. The van der Waals surface area contributed by atoms with Crippen LogP contribution < -0.4 is 10.1 Å². The molecule has 2 N–H and O–H groups in total. The van der Waals surface area contributed by atoms with Gasteiger partial charge in [0.05, 0.1) is 6.61 Å². The Bertz CT molecular complexity index is 559. The fourth-order valence-corrected chi connectivity index (χ4v) is 2.14. The molecule has 0 spiro atoms. The van der Waals surface area contributed by atoms with Gasteiger partial charge in [0.2, 0.25) is 0 Å². The first-order valence-corrected chi connectivity index (χ1v) is 6.87. The second-order valence-electron chi connectivity index (χ2n) is 5.37. The fourth-order valence-electron chi connectivity index (χ4n) is 2.14. The van der Waals surface area contributed by atoms with Crippen molar-refractivity contribution in [3.05, 3.63) is 54.4 Å². The van der Waals surface area contributed by atoms with Crippen molar-refractivity contribution in [3.63, 3.8) is 0 Å². The normalized spacial score (nSPS) is 15.6. The van der Waals surface area contributed by atoms with E-state index in [0.717, 1.165) is 18.6 Å². The number of H-pyrrole nitrogens is 1. The molecule has 0 bridgehead atoms. The van der Waals surface area contributed by atoms with E-state index in [1.165, 1.54) is 0 Å². The van der Waals surface area contributed by atoms with E-state index < -0.39 is 0 Å². The zero-order valence-electron chi connectivity index (χ0n) is 11.3. The lowest BCUT2D eigenvalue weighted by Crippen LogP contribution is -2.33. The number of nitrogens with one attached hydrogen (secondary N) is 2. The largest absolute Gasteiger partial charge is 0.493 e. The first-order valence-electron chi connectivity index (χ1n) is 6.87. The Morgan fingerprint density at radius 1 is 1.20 bits per heavy atom. The highest BCUT2D eigenvalue weighted by Gasteiger charge is 2.43. The summed E-state index contributed by atoms with van der Waals surface area (Å²) in [6.07, 6.45) is 3.95. The molecular formula is C16H18N2O2. The first kappa shape index (κ1) is 12.8. The van der Waals surface area contributed by atoms with Crippen LogP contribution >= 0.6 is 0 Å². The molecule has 3 rings (SSSR count). The van der Waals surface area contributed by atoms with E-state index >= 15 is 0 Å². The zero-order chi connectivity index (χ0) is 13.8. The van der Waals surface area contributed by atoms with E-state index in [9.17, 15) is 4.79 Å². The monoisotopic (exact) mass is 270 g/mol. The van der Waals surface area contributed by atoms with E-state index in [1.54, 1.807) is 12.3 Å². The van der Waals surface area contributed by atoms with Crippen LogP contribution in [0.5, 0.6) is 5.75 Å². The van der Waals surface area contributed by atoms with Crippen molar-refractivity contribution < 1.29 is 9.53 Å². The predicted molar refractivity (Wildman–Crippen MR) is 76.7 cm³/mol. The number of amides is 1. The van der Waals surface area contributed by atoms with E-state index in [1.807, 2.05) is 36.4 Å². The van der Waals surface area contributed by atoms with Gasteiger partial charge in [0, 0.05) is 18.2 Å². The second kappa shape index (κ2) is 5.41. The minimum absolute atomic E-state index is 0.0546. The maximum atomic E-state index is 11.9. The summed E-state index contributed by atoms with van der Waals surface area (Å²) < 4.78 is 5.80. The molecule has 0 aliphatic heterocycles. The van der Waals surface area contributed by atoms with Crippen molar-refractivity contribution in [2.24, 2.45) is 5.41 Å². The molecule has 0 radical (unpaired) electrons. The summed E-state index contributed by atoms with van der Waals surface area (Å²) in [6.45, 7) is 1.32. The van der Waals surface area contributed by atoms with Gasteiger partial charge in [-0.3, -0.25) is 4.79 Å². The topological polar surface area (TPSA) is 54.1 Å². The molecule has 1 amide bonds. The van der Waals surface area contributed by atoms with E-state index in [4.69, 9.17) is 4.74 Å². The molecule has 1 aromatic heterocycles. The molecule has 104 valence electrons. The fraction of sp³-hybridized carbons (Fsp3) is 0.312. The summed E-state index contributed by atoms with van der Waals surface area (Å²) in [7, 11) is 0. The molecule has 20 heavy (non-hydrogen) atoms. The Labute approximate surface area is 118 Å². The van der Waals surface area contributed by atoms with Crippen molar-refractivity contribution >= 4 is 5.91 Å². The number of hydrogen-bond donors (Lipinski definition) is 2. The Morgan fingerprint density at radius 3 is 2.65 bits per heavy atom. The number of carbonyl (C=O) groups excluding carboxylic acids is 1. The molecule has 1 saturated carbocycles. The number of rotatable bonds is 6. The van der Waals surface area contributed by atoms with Gasteiger partial charge in [0.1, 0.15) is 11.4 Å². The third-order valence-electron chi connectivity index (χ3n) is 3.71. The lowest BCUT2D eigenvalue weighted by atomic mass is 10.1. The zero-order valence-corrected chi connectivity index (χ0v) is 11.3. The summed E-state index contributed by atoms with van der Waals surface area (Å²) in [5.74, 6) is 0.829. The maximum absolute atomic E-state index is 11.9. The molecule has 0 saturated heterocycles. The van der Waals surface area contributed by atoms with Crippen molar-refractivity contribution in [1.29, 1.82) is 0 Å². The maximum Gasteiger partial charge on any atom is 0.267 e. The van der Waals surface area contributed by atoms with Gasteiger partial charge >= 0.3 is 0 Å². The highest BCUT2D eigenvalue weighted by Crippen LogP contribution is 2.45. The minimum Gasteiger partial charge on any atom is -0.493 e. The molecule has 4 nitrogen and oxygen atoms in total. The minimum atomic E-state index is -0.0546. The molecule has 1 aromatic carbocycles. The predicted octanol–water partition coefficient (Wildman–Crippen LogP) is 2.60. The molecule has 1 aliphatic carbocycles. The second-order valence-corrected chi connectivity index (χ2v) is 5.37. The van der Waals surface area contributed by atoms with Crippen LogP contribution in [-0.2, 0) is 0 Å². The molecule has 1 fully saturated rings. The Kier molecular flexibility index (Phi) is 3.46. The molecule has 2 aromatic rings. The third kappa shape index (κ3) is 3.02. The third-order valence-corrected chi connectivity index (χ3v) is 3.71. The highest BCUT2D eigenvalue weighted by molar-refractivity contribution is 5.92. The van der Waals surface area contributed by atoms with E-state index in [0.29, 0.717) is 18.8 Å². The number of para-hydroxylation sites is 1. The number of aromatic amines is 1. The molecule has 4 heteroatoms. The van der Waals surface area contributed by atoms with Crippen molar-refractivity contribution in [2.45, 2.75) is 12.8 Å². The first-order chi connectivity index (χ1) is 9.77. The van der Waals surface area contributed by atoms with Crippen molar-refractivity contribution in [1.82, 2.24) is 10.3 Å². The SMILES string of the molecule is O=C(NCC1(COc2ccccc2)CC1)c1ccc[nH]1. The van der Waals surface area contributed by atoms with E-state index in [2.05, 4.69) is 10.3 Å². The van der Waals surface area contributed by atoms with Crippen LogP contribution in [0.3, 0.4) is 0 Å². The van der Waals surface area contributed by atoms with E-state index in [-0.39, 0.29) is 11.3 Å². The highest BCUT2D eigenvalue weighted by atomic mass is 16.5. The van der Waals surface area contributed by atoms with Crippen LogP contribution in [0.2, 0.25) is 0 Å². The van der Waals surface area contributed by atoms with Gasteiger partial charge in [0.15, 0.2) is 0 Å². The van der Waals surface area contributed by atoms with Crippen LogP contribution in [0, 0.1) is 5.41 Å². The number of hydrogen-bond acceptors (Lipinski definition) is 2. The summed E-state index contributed by atoms with van der Waals surface area (Å²) in [6, 6.07) is 13.4. The van der Waals surface area contributed by atoms with Gasteiger partial charge in [-0.05, 0) is 37.1 Å². The van der Waals surface area contributed by atoms with Crippen molar-refractivity contribution in [2.75, 3.05) is 13.2 Å². The smallest absolute Gasteiger partial charge is 0.267 e. The summed E-state index contributed by atoms with van der Waals surface area (Å²) in [5.41, 5.74) is 0.711. The van der Waals surface area contributed by atoms with Crippen molar-refractivity contribution in [3.8, 4) is 5.75 Å². The van der Waals surface area contributed by atoms with Crippen LogP contribution in [0.1, 0.15) is 23.3 Å². The summed E-state index contributed by atoms with van der Waals surface area (Å²) >= 11 is 0. The van der Waals surface area contributed by atoms with Gasteiger partial charge in [0.25, 0.3) is 5.91 Å². The Hall–Kier alpha value is -2.23. The Morgan fingerprint density at radius 2 is 2.00 bits per heavy atom. The molecule has 0 unspecified atom stereocenters.